The lowest BCUT2D eigenvalue weighted by atomic mass is 9.66. The van der Waals surface area contributed by atoms with Crippen molar-refractivity contribution in [2.75, 3.05) is 32.8 Å². The molecular weight excluding hydrogens is 464 g/mol. The number of aliphatic hydroxyl groups excluding tert-OH is 1. The molecular formula is C27H42N2O5S. The van der Waals surface area contributed by atoms with Gasteiger partial charge in [-0.15, -0.1) is 24.9 Å². The minimum Gasteiger partial charge on any atom is -0.465 e. The van der Waals surface area contributed by atoms with Gasteiger partial charge in [-0.05, 0) is 38.0 Å². The molecule has 196 valence electrons. The SMILES string of the molecule is C=CCCOC(=O)[C@@H]1[C@@H]2CC(C)C3(S2)C(C(=O)N(CC=C)CCCCC)N(CCCCO)C(=O)[C@H]13. The van der Waals surface area contributed by atoms with E-state index in [1.54, 1.807) is 28.8 Å². The van der Waals surface area contributed by atoms with Gasteiger partial charge in [-0.3, -0.25) is 14.4 Å². The van der Waals surface area contributed by atoms with Crippen LogP contribution in [-0.4, -0.2) is 81.6 Å². The number of thioether (sulfide) groups is 1. The number of likely N-dealkylation sites (tertiary alicyclic amines) is 1. The van der Waals surface area contributed by atoms with Crippen LogP contribution in [0.1, 0.15) is 58.8 Å². The van der Waals surface area contributed by atoms with Gasteiger partial charge in [0.1, 0.15) is 6.04 Å². The predicted molar refractivity (Wildman–Crippen MR) is 139 cm³/mol. The smallest absolute Gasteiger partial charge is 0.310 e. The second-order valence-corrected chi connectivity index (χ2v) is 11.6. The number of carbonyl (C=O) groups excluding carboxylic acids is 3. The molecule has 3 aliphatic rings. The van der Waals surface area contributed by atoms with Gasteiger partial charge in [0.2, 0.25) is 11.8 Å². The highest BCUT2D eigenvalue weighted by molar-refractivity contribution is 8.02. The van der Waals surface area contributed by atoms with Crippen LogP contribution in [0.4, 0.5) is 0 Å². The normalized spacial score (nSPS) is 30.9. The first-order chi connectivity index (χ1) is 16.9. The van der Waals surface area contributed by atoms with Crippen LogP contribution >= 0.6 is 11.8 Å². The molecule has 3 saturated heterocycles. The largest absolute Gasteiger partial charge is 0.465 e. The number of nitrogens with zero attached hydrogens (tertiary/aromatic N) is 2. The number of carbonyl (C=O) groups is 3. The fourth-order valence-electron chi connectivity index (χ4n) is 6.21. The molecule has 8 heteroatoms. The first kappa shape index (κ1) is 27.8. The van der Waals surface area contributed by atoms with Crippen LogP contribution in [0, 0.1) is 17.8 Å². The Morgan fingerprint density at radius 2 is 2.03 bits per heavy atom. The highest BCUT2D eigenvalue weighted by Crippen LogP contribution is 2.68. The van der Waals surface area contributed by atoms with Crippen LogP contribution in [0.2, 0.25) is 0 Å². The maximum absolute atomic E-state index is 14.2. The van der Waals surface area contributed by atoms with Crippen molar-refractivity contribution in [3.05, 3.63) is 25.3 Å². The van der Waals surface area contributed by atoms with Gasteiger partial charge >= 0.3 is 5.97 Å². The lowest BCUT2D eigenvalue weighted by Gasteiger charge is -2.40. The van der Waals surface area contributed by atoms with E-state index in [-0.39, 0.29) is 42.2 Å². The van der Waals surface area contributed by atoms with E-state index < -0.39 is 22.6 Å². The Hall–Kier alpha value is -1.80. The number of hydrogen-bond donors (Lipinski definition) is 1. The Kier molecular flexibility index (Phi) is 9.87. The Bertz CT molecular complexity index is 804. The van der Waals surface area contributed by atoms with E-state index in [9.17, 15) is 19.5 Å². The van der Waals surface area contributed by atoms with Crippen LogP contribution in [0.25, 0.3) is 0 Å². The molecule has 0 aliphatic carbocycles. The van der Waals surface area contributed by atoms with Crippen molar-refractivity contribution in [3.63, 3.8) is 0 Å². The quantitative estimate of drug-likeness (QED) is 0.208. The second-order valence-electron chi connectivity index (χ2n) is 10.0. The van der Waals surface area contributed by atoms with E-state index in [0.29, 0.717) is 38.9 Å². The Morgan fingerprint density at radius 3 is 2.69 bits per heavy atom. The fraction of sp³-hybridized carbons (Fsp3) is 0.741. The Morgan fingerprint density at radius 1 is 1.26 bits per heavy atom. The summed E-state index contributed by atoms with van der Waals surface area (Å²) in [5.74, 6) is -1.43. The van der Waals surface area contributed by atoms with E-state index in [4.69, 9.17) is 4.74 Å². The van der Waals surface area contributed by atoms with Crippen molar-refractivity contribution in [3.8, 4) is 0 Å². The molecule has 3 rings (SSSR count). The Labute approximate surface area is 214 Å². The molecule has 3 unspecified atom stereocenters. The highest BCUT2D eigenvalue weighted by atomic mass is 32.2. The third-order valence-electron chi connectivity index (χ3n) is 7.82. The third-order valence-corrected chi connectivity index (χ3v) is 9.89. The van der Waals surface area contributed by atoms with E-state index in [0.717, 1.165) is 25.7 Å². The standard InChI is InChI=1S/C27H42N2O5S/c1-5-8-10-14-28(13-7-3)25(32)23-27-19(4)18-20(35-27)21(26(33)34-17-9-6-2)22(27)24(31)29(23)15-11-12-16-30/h6-7,19-23,30H,2-3,5,8-18H2,1,4H3/t19?,20-,21+,22-,23?,27?/m0/s1. The molecule has 0 aromatic carbocycles. The number of rotatable bonds is 15. The third kappa shape index (κ3) is 5.19. The summed E-state index contributed by atoms with van der Waals surface area (Å²) in [6.07, 6.45) is 8.98. The molecule has 0 radical (unpaired) electrons. The van der Waals surface area contributed by atoms with Gasteiger partial charge in [0, 0.05) is 31.5 Å². The fourth-order valence-corrected chi connectivity index (χ4v) is 8.62. The molecule has 3 heterocycles. The van der Waals surface area contributed by atoms with Crippen LogP contribution < -0.4 is 0 Å². The lowest BCUT2D eigenvalue weighted by Crippen LogP contribution is -2.57. The van der Waals surface area contributed by atoms with Crippen LogP contribution in [0.5, 0.6) is 0 Å². The zero-order valence-electron chi connectivity index (χ0n) is 21.3. The summed E-state index contributed by atoms with van der Waals surface area (Å²) in [5.41, 5.74) is 0. The Balaban J connectivity index is 1.96. The minimum absolute atomic E-state index is 0.0157. The van der Waals surface area contributed by atoms with Gasteiger partial charge in [-0.1, -0.05) is 38.8 Å². The van der Waals surface area contributed by atoms with E-state index in [1.807, 2.05) is 4.90 Å². The van der Waals surface area contributed by atoms with Crippen molar-refractivity contribution in [1.29, 1.82) is 0 Å². The van der Waals surface area contributed by atoms with Gasteiger partial charge in [0.15, 0.2) is 0 Å². The summed E-state index contributed by atoms with van der Waals surface area (Å²) in [5, 5.41) is 9.31. The van der Waals surface area contributed by atoms with Crippen molar-refractivity contribution in [2.45, 2.75) is 74.8 Å². The minimum atomic E-state index is -0.635. The van der Waals surface area contributed by atoms with Gasteiger partial charge in [0.05, 0.1) is 23.2 Å². The number of fused-ring (bicyclic) bond motifs is 1. The first-order valence-corrected chi connectivity index (χ1v) is 14.0. The molecule has 0 saturated carbocycles. The molecule has 1 spiro atoms. The maximum Gasteiger partial charge on any atom is 0.310 e. The molecule has 2 amide bonds. The van der Waals surface area contributed by atoms with Crippen LogP contribution in [0.15, 0.2) is 25.3 Å². The number of unbranched alkanes of at least 4 members (excludes halogenated alkanes) is 3. The summed E-state index contributed by atoms with van der Waals surface area (Å²) >= 11 is 1.67. The summed E-state index contributed by atoms with van der Waals surface area (Å²) in [6, 6.07) is -0.615. The summed E-state index contributed by atoms with van der Waals surface area (Å²) in [7, 11) is 0. The van der Waals surface area contributed by atoms with E-state index in [2.05, 4.69) is 27.0 Å². The average Bonchev–Trinajstić information content (AvgIpc) is 3.42. The first-order valence-electron chi connectivity index (χ1n) is 13.1. The summed E-state index contributed by atoms with van der Waals surface area (Å²) in [6.45, 7) is 13.6. The van der Waals surface area contributed by atoms with Crippen LogP contribution in [0.3, 0.4) is 0 Å². The molecule has 3 aliphatic heterocycles. The molecule has 0 aromatic rings. The van der Waals surface area contributed by atoms with E-state index >= 15 is 0 Å². The number of hydrogen-bond acceptors (Lipinski definition) is 6. The zero-order valence-corrected chi connectivity index (χ0v) is 22.1. The monoisotopic (exact) mass is 506 g/mol. The molecule has 2 bridgehead atoms. The van der Waals surface area contributed by atoms with Gasteiger partial charge in [-0.2, -0.15) is 0 Å². The average molecular weight is 507 g/mol. The van der Waals surface area contributed by atoms with Crippen molar-refractivity contribution >= 4 is 29.5 Å². The van der Waals surface area contributed by atoms with Crippen molar-refractivity contribution in [1.82, 2.24) is 9.80 Å². The number of esters is 1. The number of ether oxygens (including phenoxy) is 1. The van der Waals surface area contributed by atoms with Gasteiger partial charge < -0.3 is 19.6 Å². The molecule has 35 heavy (non-hydrogen) atoms. The van der Waals surface area contributed by atoms with Gasteiger partial charge in [-0.25, -0.2) is 0 Å². The topological polar surface area (TPSA) is 87.2 Å². The lowest BCUT2D eigenvalue weighted by molar-refractivity contribution is -0.154. The molecule has 3 fully saturated rings. The van der Waals surface area contributed by atoms with Crippen molar-refractivity contribution < 1.29 is 24.2 Å². The molecule has 6 atom stereocenters. The van der Waals surface area contributed by atoms with Gasteiger partial charge in [0.25, 0.3) is 0 Å². The zero-order chi connectivity index (χ0) is 25.6. The summed E-state index contributed by atoms with van der Waals surface area (Å²) in [4.78, 5) is 44.9. The maximum atomic E-state index is 14.2. The second kappa shape index (κ2) is 12.4. The molecule has 1 N–H and O–H groups in total. The number of amides is 2. The molecule has 7 nitrogen and oxygen atoms in total. The summed E-state index contributed by atoms with van der Waals surface area (Å²) < 4.78 is 4.92. The van der Waals surface area contributed by atoms with Crippen LogP contribution in [-0.2, 0) is 19.1 Å². The molecule has 0 aromatic heterocycles. The predicted octanol–water partition coefficient (Wildman–Crippen LogP) is 3.42. The number of aliphatic hydroxyl groups is 1. The van der Waals surface area contributed by atoms with Crippen molar-refractivity contribution in [2.24, 2.45) is 17.8 Å². The van der Waals surface area contributed by atoms with E-state index in [1.165, 1.54) is 0 Å². The highest BCUT2D eigenvalue weighted by Gasteiger charge is 2.76.